The zero-order valence-electron chi connectivity index (χ0n) is 11.3. The summed E-state index contributed by atoms with van der Waals surface area (Å²) < 4.78 is 17.9. The number of carbonyl (C=O) groups is 1. The molecule has 0 saturated heterocycles. The molecule has 2 aromatic rings. The van der Waals surface area contributed by atoms with Crippen molar-refractivity contribution in [3.8, 4) is 0 Å². The van der Waals surface area contributed by atoms with Gasteiger partial charge in [0.2, 0.25) is 0 Å². The molecule has 6 heteroatoms. The molecule has 20 heavy (non-hydrogen) atoms. The molecule has 4 nitrogen and oxygen atoms in total. The monoisotopic (exact) mass is 296 g/mol. The van der Waals surface area contributed by atoms with Gasteiger partial charge < -0.3 is 9.72 Å². The second kappa shape index (κ2) is 7.28. The number of unbranched alkanes of at least 4 members (excludes halogenated alkanes) is 1. The van der Waals surface area contributed by atoms with Crippen molar-refractivity contribution in [2.24, 2.45) is 0 Å². The molecule has 1 heterocycles. The molecule has 0 aliphatic carbocycles. The number of carbonyl (C=O) groups excluding carboxylic acids is 1. The normalized spacial score (nSPS) is 10.9. The van der Waals surface area contributed by atoms with Crippen molar-refractivity contribution < 1.29 is 13.9 Å². The standard InChI is InChI=1S/C14H17FN2O2S/c1-2-19-13(18)5-3-4-8-20-14-16-11-7-6-10(15)9-12(11)17-14/h6-7,9H,2-5,8H2,1H3,(H,16,17). The Morgan fingerprint density at radius 1 is 1.45 bits per heavy atom. The summed E-state index contributed by atoms with van der Waals surface area (Å²) in [5, 5.41) is 0.779. The predicted octanol–water partition coefficient (Wildman–Crippen LogP) is 3.53. The number of benzene rings is 1. The van der Waals surface area contributed by atoms with Crippen LogP contribution in [0.15, 0.2) is 23.4 Å². The topological polar surface area (TPSA) is 55.0 Å². The second-order valence-corrected chi connectivity index (χ2v) is 5.40. The SMILES string of the molecule is CCOC(=O)CCCCSc1nc2cc(F)ccc2[nH]1. The lowest BCUT2D eigenvalue weighted by Crippen LogP contribution is -2.03. The van der Waals surface area contributed by atoms with Gasteiger partial charge in [0.25, 0.3) is 0 Å². The lowest BCUT2D eigenvalue weighted by atomic mass is 10.2. The second-order valence-electron chi connectivity index (χ2n) is 4.31. The zero-order valence-corrected chi connectivity index (χ0v) is 12.1. The van der Waals surface area contributed by atoms with Gasteiger partial charge in [-0.05, 0) is 31.9 Å². The molecule has 0 amide bonds. The van der Waals surface area contributed by atoms with E-state index in [2.05, 4.69) is 9.97 Å². The van der Waals surface area contributed by atoms with Crippen LogP contribution in [-0.2, 0) is 9.53 Å². The average molecular weight is 296 g/mol. The molecule has 0 aliphatic heterocycles. The van der Waals surface area contributed by atoms with E-state index >= 15 is 0 Å². The number of nitrogens with one attached hydrogen (secondary N) is 1. The van der Waals surface area contributed by atoms with E-state index in [1.807, 2.05) is 0 Å². The number of ether oxygens (including phenoxy) is 1. The van der Waals surface area contributed by atoms with E-state index in [0.29, 0.717) is 18.5 Å². The number of H-pyrrole nitrogens is 1. The molecular weight excluding hydrogens is 279 g/mol. The fourth-order valence-electron chi connectivity index (χ4n) is 1.80. The van der Waals surface area contributed by atoms with Gasteiger partial charge in [-0.2, -0.15) is 0 Å². The predicted molar refractivity (Wildman–Crippen MR) is 77.3 cm³/mol. The number of nitrogens with zero attached hydrogens (tertiary/aromatic N) is 1. The fraction of sp³-hybridized carbons (Fsp3) is 0.429. The number of hydrogen-bond donors (Lipinski definition) is 1. The molecule has 108 valence electrons. The van der Waals surface area contributed by atoms with E-state index < -0.39 is 0 Å². The van der Waals surface area contributed by atoms with E-state index in [0.717, 1.165) is 29.3 Å². The van der Waals surface area contributed by atoms with Crippen molar-refractivity contribution >= 4 is 28.8 Å². The van der Waals surface area contributed by atoms with Gasteiger partial charge >= 0.3 is 5.97 Å². The highest BCUT2D eigenvalue weighted by atomic mass is 32.2. The number of esters is 1. The Labute approximate surface area is 121 Å². The molecule has 0 unspecified atom stereocenters. The molecule has 1 aromatic carbocycles. The highest BCUT2D eigenvalue weighted by molar-refractivity contribution is 7.99. The van der Waals surface area contributed by atoms with Crippen LogP contribution in [0.1, 0.15) is 26.2 Å². The molecule has 0 atom stereocenters. The minimum atomic E-state index is -0.282. The molecule has 0 fully saturated rings. The highest BCUT2D eigenvalue weighted by Crippen LogP contribution is 2.21. The lowest BCUT2D eigenvalue weighted by Gasteiger charge is -2.00. The third-order valence-corrected chi connectivity index (χ3v) is 3.70. The van der Waals surface area contributed by atoms with E-state index in [1.165, 1.54) is 12.1 Å². The third kappa shape index (κ3) is 4.23. The van der Waals surface area contributed by atoms with Crippen LogP contribution < -0.4 is 0 Å². The van der Waals surface area contributed by atoms with E-state index in [-0.39, 0.29) is 11.8 Å². The van der Waals surface area contributed by atoms with Crippen molar-refractivity contribution in [1.29, 1.82) is 0 Å². The summed E-state index contributed by atoms with van der Waals surface area (Å²) in [6.45, 7) is 2.24. The summed E-state index contributed by atoms with van der Waals surface area (Å²) in [5.74, 6) is 0.438. The fourth-order valence-corrected chi connectivity index (χ4v) is 2.68. The van der Waals surface area contributed by atoms with E-state index in [1.54, 1.807) is 24.8 Å². The molecular formula is C14H17FN2O2S. The molecule has 0 radical (unpaired) electrons. The summed E-state index contributed by atoms with van der Waals surface area (Å²) >= 11 is 1.58. The Bertz CT molecular complexity index is 586. The first-order valence-electron chi connectivity index (χ1n) is 6.62. The average Bonchev–Trinajstić information content (AvgIpc) is 2.80. The number of halogens is 1. The number of fused-ring (bicyclic) bond motifs is 1. The van der Waals surface area contributed by atoms with Crippen molar-refractivity contribution in [2.75, 3.05) is 12.4 Å². The number of thioether (sulfide) groups is 1. The van der Waals surface area contributed by atoms with Crippen LogP contribution in [0.25, 0.3) is 11.0 Å². The lowest BCUT2D eigenvalue weighted by molar-refractivity contribution is -0.143. The maximum Gasteiger partial charge on any atom is 0.305 e. The molecule has 0 aliphatic rings. The van der Waals surface area contributed by atoms with Crippen molar-refractivity contribution in [3.05, 3.63) is 24.0 Å². The quantitative estimate of drug-likeness (QED) is 0.482. The first kappa shape index (κ1) is 14.8. The van der Waals surface area contributed by atoms with Gasteiger partial charge in [-0.25, -0.2) is 9.37 Å². The van der Waals surface area contributed by atoms with Crippen LogP contribution in [0, 0.1) is 5.82 Å². The summed E-state index contributed by atoms with van der Waals surface area (Å²) in [6, 6.07) is 4.51. The number of aromatic nitrogens is 2. The number of hydrogen-bond acceptors (Lipinski definition) is 4. The maximum absolute atomic E-state index is 13.0. The number of aromatic amines is 1. The molecule has 0 bridgehead atoms. The van der Waals surface area contributed by atoms with Crippen LogP contribution in [0.3, 0.4) is 0 Å². The minimum absolute atomic E-state index is 0.142. The van der Waals surface area contributed by atoms with E-state index in [4.69, 9.17) is 4.74 Å². The van der Waals surface area contributed by atoms with Crippen molar-refractivity contribution in [3.63, 3.8) is 0 Å². The molecule has 0 saturated carbocycles. The Balaban J connectivity index is 1.74. The summed E-state index contributed by atoms with van der Waals surface area (Å²) in [6.07, 6.45) is 2.18. The largest absolute Gasteiger partial charge is 0.466 e. The summed E-state index contributed by atoms with van der Waals surface area (Å²) in [5.41, 5.74) is 1.47. The Morgan fingerprint density at radius 3 is 3.10 bits per heavy atom. The Morgan fingerprint density at radius 2 is 2.30 bits per heavy atom. The smallest absolute Gasteiger partial charge is 0.305 e. The maximum atomic E-state index is 13.0. The molecule has 1 N–H and O–H groups in total. The number of imidazole rings is 1. The third-order valence-electron chi connectivity index (χ3n) is 2.74. The van der Waals surface area contributed by atoms with Crippen LogP contribution in [0.5, 0.6) is 0 Å². The van der Waals surface area contributed by atoms with Crippen molar-refractivity contribution in [1.82, 2.24) is 9.97 Å². The van der Waals surface area contributed by atoms with Gasteiger partial charge in [-0.3, -0.25) is 4.79 Å². The molecule has 0 spiro atoms. The molecule has 2 rings (SSSR count). The van der Waals surface area contributed by atoms with Crippen LogP contribution in [0.2, 0.25) is 0 Å². The first-order valence-corrected chi connectivity index (χ1v) is 7.61. The van der Waals surface area contributed by atoms with Gasteiger partial charge in [0.05, 0.1) is 17.6 Å². The summed E-state index contributed by atoms with van der Waals surface area (Å²) in [4.78, 5) is 18.6. The Kier molecular flexibility index (Phi) is 5.40. The van der Waals surface area contributed by atoms with Gasteiger partial charge in [-0.1, -0.05) is 11.8 Å². The van der Waals surface area contributed by atoms with Crippen LogP contribution >= 0.6 is 11.8 Å². The van der Waals surface area contributed by atoms with Crippen LogP contribution in [0.4, 0.5) is 4.39 Å². The minimum Gasteiger partial charge on any atom is -0.466 e. The number of rotatable bonds is 7. The zero-order chi connectivity index (χ0) is 14.4. The first-order chi connectivity index (χ1) is 9.69. The van der Waals surface area contributed by atoms with Gasteiger partial charge in [0, 0.05) is 18.2 Å². The van der Waals surface area contributed by atoms with Crippen LogP contribution in [-0.4, -0.2) is 28.3 Å². The molecule has 1 aromatic heterocycles. The van der Waals surface area contributed by atoms with Crippen molar-refractivity contribution in [2.45, 2.75) is 31.3 Å². The highest BCUT2D eigenvalue weighted by Gasteiger charge is 2.05. The van der Waals surface area contributed by atoms with Gasteiger partial charge in [0.1, 0.15) is 5.82 Å². The van der Waals surface area contributed by atoms with Gasteiger partial charge in [-0.15, -0.1) is 0 Å². The summed E-state index contributed by atoms with van der Waals surface area (Å²) in [7, 11) is 0. The Hall–Kier alpha value is -1.56. The van der Waals surface area contributed by atoms with Gasteiger partial charge in [0.15, 0.2) is 5.16 Å². The van der Waals surface area contributed by atoms with E-state index in [9.17, 15) is 9.18 Å².